The second kappa shape index (κ2) is 10.1. The molecule has 0 N–H and O–H groups in total. The molecule has 0 radical (unpaired) electrons. The summed E-state index contributed by atoms with van der Waals surface area (Å²) in [7, 11) is 3.42. The molecular formula is C32H31NO4. The first-order valence-corrected chi connectivity index (χ1v) is 12.8. The van der Waals surface area contributed by atoms with Crippen molar-refractivity contribution in [1.82, 2.24) is 0 Å². The van der Waals surface area contributed by atoms with E-state index in [2.05, 4.69) is 53.4 Å². The normalized spacial score (nSPS) is 15.4. The zero-order valence-corrected chi connectivity index (χ0v) is 21.3. The van der Waals surface area contributed by atoms with Gasteiger partial charge in [-0.05, 0) is 58.9 Å². The first-order valence-electron chi connectivity index (χ1n) is 12.8. The van der Waals surface area contributed by atoms with Gasteiger partial charge in [0.05, 0.1) is 20.3 Å². The van der Waals surface area contributed by atoms with E-state index < -0.39 is 0 Å². The number of methoxy groups -OCH3 is 2. The lowest BCUT2D eigenvalue weighted by Gasteiger charge is -2.35. The second-order valence-corrected chi connectivity index (χ2v) is 9.55. The number of nitrogens with zero attached hydrogens (tertiary/aromatic N) is 1. The molecule has 0 spiro atoms. The third-order valence-corrected chi connectivity index (χ3v) is 7.34. The monoisotopic (exact) mass is 493 g/mol. The van der Waals surface area contributed by atoms with Crippen molar-refractivity contribution < 1.29 is 18.9 Å². The molecular weight excluding hydrogens is 462 g/mol. The predicted octanol–water partition coefficient (Wildman–Crippen LogP) is 6.52. The highest BCUT2D eigenvalue weighted by atomic mass is 16.5. The molecule has 0 fully saturated rings. The van der Waals surface area contributed by atoms with Crippen molar-refractivity contribution in [3.63, 3.8) is 0 Å². The molecule has 37 heavy (non-hydrogen) atoms. The van der Waals surface area contributed by atoms with E-state index in [1.807, 2.05) is 36.4 Å². The van der Waals surface area contributed by atoms with Gasteiger partial charge in [0.25, 0.3) is 0 Å². The number of benzene rings is 4. The molecule has 0 bridgehead atoms. The molecule has 4 aromatic carbocycles. The van der Waals surface area contributed by atoms with Gasteiger partial charge in [-0.2, -0.15) is 0 Å². The lowest BCUT2D eigenvalue weighted by atomic mass is 9.91. The fraction of sp³-hybridized carbons (Fsp3) is 0.250. The van der Waals surface area contributed by atoms with Gasteiger partial charge in [-0.1, -0.05) is 60.7 Å². The van der Waals surface area contributed by atoms with Gasteiger partial charge in [-0.15, -0.1) is 0 Å². The largest absolute Gasteiger partial charge is 0.493 e. The van der Waals surface area contributed by atoms with E-state index in [1.54, 1.807) is 14.2 Å². The zero-order valence-electron chi connectivity index (χ0n) is 21.3. The van der Waals surface area contributed by atoms with Crippen molar-refractivity contribution in [2.24, 2.45) is 0 Å². The van der Waals surface area contributed by atoms with Gasteiger partial charge < -0.3 is 23.8 Å². The Morgan fingerprint density at radius 3 is 1.86 bits per heavy atom. The van der Waals surface area contributed by atoms with Gasteiger partial charge in [0.2, 0.25) is 0 Å². The standard InChI is InChI=1S/C32H31NO4/c1-34-29-16-24-13-14-33-27-19-30(35-2)31(36-20-22-9-5-3-6-10-22)17-25(27)15-28(33)26(24)18-32(29)37-21-23-11-7-4-8-12-23/h3-12,16-19,28H,13-15,20-21H2,1-2H3. The Kier molecular flexibility index (Phi) is 6.35. The van der Waals surface area contributed by atoms with Gasteiger partial charge in [0.15, 0.2) is 23.0 Å². The summed E-state index contributed by atoms with van der Waals surface area (Å²) in [5.41, 5.74) is 7.40. The molecule has 0 aliphatic carbocycles. The summed E-state index contributed by atoms with van der Waals surface area (Å²) < 4.78 is 23.9. The molecule has 2 aliphatic rings. The van der Waals surface area contributed by atoms with Crippen LogP contribution in [0.1, 0.15) is 33.9 Å². The quantitative estimate of drug-likeness (QED) is 0.279. The van der Waals surface area contributed by atoms with Gasteiger partial charge >= 0.3 is 0 Å². The van der Waals surface area contributed by atoms with E-state index in [0.717, 1.165) is 53.5 Å². The predicted molar refractivity (Wildman–Crippen MR) is 145 cm³/mol. The van der Waals surface area contributed by atoms with Gasteiger partial charge in [0, 0.05) is 18.3 Å². The highest BCUT2D eigenvalue weighted by Gasteiger charge is 2.36. The van der Waals surface area contributed by atoms with Crippen LogP contribution in [-0.2, 0) is 26.1 Å². The molecule has 5 heteroatoms. The van der Waals surface area contributed by atoms with Crippen LogP contribution in [0.3, 0.4) is 0 Å². The average Bonchev–Trinajstić information content (AvgIpc) is 3.32. The molecule has 2 heterocycles. The maximum absolute atomic E-state index is 6.25. The molecule has 0 aromatic heterocycles. The third kappa shape index (κ3) is 4.57. The molecule has 2 aliphatic heterocycles. The van der Waals surface area contributed by atoms with Crippen molar-refractivity contribution in [2.75, 3.05) is 25.7 Å². The van der Waals surface area contributed by atoms with Crippen molar-refractivity contribution in [3.8, 4) is 23.0 Å². The minimum absolute atomic E-state index is 0.248. The molecule has 5 nitrogen and oxygen atoms in total. The lowest BCUT2D eigenvalue weighted by molar-refractivity contribution is 0.283. The summed E-state index contributed by atoms with van der Waals surface area (Å²) in [5, 5.41) is 0. The van der Waals surface area contributed by atoms with E-state index >= 15 is 0 Å². The van der Waals surface area contributed by atoms with E-state index in [-0.39, 0.29) is 6.04 Å². The Labute approximate surface area is 218 Å². The maximum Gasteiger partial charge on any atom is 0.162 e. The Balaban J connectivity index is 1.27. The Morgan fingerprint density at radius 2 is 1.24 bits per heavy atom. The average molecular weight is 494 g/mol. The molecule has 4 aromatic rings. The number of rotatable bonds is 8. The van der Waals surface area contributed by atoms with E-state index in [9.17, 15) is 0 Å². The molecule has 1 unspecified atom stereocenters. The molecule has 0 amide bonds. The van der Waals surface area contributed by atoms with Crippen LogP contribution < -0.4 is 23.8 Å². The van der Waals surface area contributed by atoms with Crippen LogP contribution in [0.5, 0.6) is 23.0 Å². The minimum atomic E-state index is 0.248. The first kappa shape index (κ1) is 23.3. The number of ether oxygens (including phenoxy) is 4. The highest BCUT2D eigenvalue weighted by Crippen LogP contribution is 2.49. The minimum Gasteiger partial charge on any atom is -0.493 e. The molecule has 188 valence electrons. The molecule has 6 rings (SSSR count). The van der Waals surface area contributed by atoms with Gasteiger partial charge in [0.1, 0.15) is 13.2 Å². The van der Waals surface area contributed by atoms with Crippen molar-refractivity contribution in [2.45, 2.75) is 32.1 Å². The van der Waals surface area contributed by atoms with Gasteiger partial charge in [-0.3, -0.25) is 0 Å². The number of fused-ring (bicyclic) bond motifs is 5. The van der Waals surface area contributed by atoms with E-state index in [0.29, 0.717) is 13.2 Å². The van der Waals surface area contributed by atoms with Crippen LogP contribution in [0.2, 0.25) is 0 Å². The fourth-order valence-electron chi connectivity index (χ4n) is 5.46. The number of hydrogen-bond donors (Lipinski definition) is 0. The van der Waals surface area contributed by atoms with Crippen LogP contribution in [-0.4, -0.2) is 20.8 Å². The summed E-state index contributed by atoms with van der Waals surface area (Å²) in [6, 6.07) is 29.3. The van der Waals surface area contributed by atoms with Gasteiger partial charge in [-0.25, -0.2) is 0 Å². The summed E-state index contributed by atoms with van der Waals surface area (Å²) in [6.45, 7) is 1.96. The van der Waals surface area contributed by atoms with Crippen LogP contribution in [0, 0.1) is 0 Å². The van der Waals surface area contributed by atoms with Crippen molar-refractivity contribution >= 4 is 5.69 Å². The Bertz CT molecular complexity index is 1390. The Hall–Kier alpha value is -4.12. The van der Waals surface area contributed by atoms with Crippen molar-refractivity contribution in [3.05, 3.63) is 113 Å². The summed E-state index contributed by atoms with van der Waals surface area (Å²) in [6.07, 6.45) is 1.87. The summed E-state index contributed by atoms with van der Waals surface area (Å²) in [4.78, 5) is 2.49. The summed E-state index contributed by atoms with van der Waals surface area (Å²) in [5.74, 6) is 3.12. The first-order chi connectivity index (χ1) is 18.2. The number of hydrogen-bond acceptors (Lipinski definition) is 5. The zero-order chi connectivity index (χ0) is 25.2. The molecule has 0 saturated heterocycles. The van der Waals surface area contributed by atoms with Crippen molar-refractivity contribution in [1.29, 1.82) is 0 Å². The fourth-order valence-corrected chi connectivity index (χ4v) is 5.46. The van der Waals surface area contributed by atoms with Crippen LogP contribution >= 0.6 is 0 Å². The SMILES string of the molecule is COc1cc2c(cc1OCc1ccccc1)CC1c3cc(OCc4ccccc4)c(OC)cc3CCN21. The van der Waals surface area contributed by atoms with Crippen LogP contribution in [0.25, 0.3) is 0 Å². The maximum atomic E-state index is 6.25. The third-order valence-electron chi connectivity index (χ3n) is 7.34. The Morgan fingerprint density at radius 1 is 0.676 bits per heavy atom. The lowest BCUT2D eigenvalue weighted by Crippen LogP contribution is -2.32. The number of anilines is 1. The van der Waals surface area contributed by atoms with E-state index in [4.69, 9.17) is 18.9 Å². The second-order valence-electron chi connectivity index (χ2n) is 9.55. The molecule has 0 saturated carbocycles. The van der Waals surface area contributed by atoms with Crippen LogP contribution in [0.15, 0.2) is 84.9 Å². The summed E-state index contributed by atoms with van der Waals surface area (Å²) >= 11 is 0. The van der Waals surface area contributed by atoms with E-state index in [1.165, 1.54) is 22.4 Å². The molecule has 1 atom stereocenters. The highest BCUT2D eigenvalue weighted by molar-refractivity contribution is 5.69. The van der Waals surface area contributed by atoms with Crippen LogP contribution in [0.4, 0.5) is 5.69 Å². The topological polar surface area (TPSA) is 40.2 Å². The smallest absolute Gasteiger partial charge is 0.162 e.